The maximum Gasteiger partial charge on any atom is 0.165 e. The summed E-state index contributed by atoms with van der Waals surface area (Å²) in [7, 11) is 0. The molecule has 0 aromatic carbocycles. The molecule has 3 heterocycles. The molecule has 3 aromatic heterocycles. The Labute approximate surface area is 127 Å². The molecule has 0 saturated carbocycles. The largest absolute Gasteiger partial charge is 0.382 e. The zero-order valence-corrected chi connectivity index (χ0v) is 12.2. The van der Waals surface area contributed by atoms with E-state index in [-0.39, 0.29) is 0 Å². The van der Waals surface area contributed by atoms with E-state index < -0.39 is 0 Å². The maximum absolute atomic E-state index is 5.89. The van der Waals surface area contributed by atoms with E-state index in [1.807, 2.05) is 16.8 Å². The summed E-state index contributed by atoms with van der Waals surface area (Å²) in [6, 6.07) is 3.98. The highest BCUT2D eigenvalue weighted by molar-refractivity contribution is 6.17. The van der Waals surface area contributed by atoms with Crippen molar-refractivity contribution in [1.29, 1.82) is 0 Å². The number of alkyl halides is 1. The van der Waals surface area contributed by atoms with Gasteiger partial charge >= 0.3 is 0 Å². The minimum Gasteiger partial charge on any atom is -0.382 e. The number of nitrogen functional groups attached to an aromatic ring is 1. The number of halogens is 1. The van der Waals surface area contributed by atoms with E-state index in [2.05, 4.69) is 26.0 Å². The molecule has 0 aliphatic rings. The Kier molecular flexibility index (Phi) is 3.96. The summed E-state index contributed by atoms with van der Waals surface area (Å²) in [4.78, 5) is 17.0. The number of nitrogens with two attached hydrogens (primary N) is 1. The lowest BCUT2D eigenvalue weighted by atomic mass is 10.1. The molecule has 0 amide bonds. The molecule has 0 aliphatic heterocycles. The van der Waals surface area contributed by atoms with E-state index >= 15 is 0 Å². The van der Waals surface area contributed by atoms with Gasteiger partial charge in [-0.25, -0.2) is 15.0 Å². The van der Waals surface area contributed by atoms with Crippen molar-refractivity contribution < 1.29 is 0 Å². The fourth-order valence-corrected chi connectivity index (χ4v) is 2.48. The summed E-state index contributed by atoms with van der Waals surface area (Å²) in [6.45, 7) is 0.650. The van der Waals surface area contributed by atoms with Crippen LogP contribution in [0, 0.1) is 0 Å². The van der Waals surface area contributed by atoms with Crippen LogP contribution in [0.4, 0.5) is 5.82 Å². The molecule has 0 unspecified atom stereocenters. The van der Waals surface area contributed by atoms with Crippen molar-refractivity contribution in [3.8, 4) is 0 Å². The van der Waals surface area contributed by atoms with Gasteiger partial charge in [0.15, 0.2) is 17.0 Å². The van der Waals surface area contributed by atoms with E-state index in [4.69, 9.17) is 17.3 Å². The number of pyridine rings is 1. The lowest BCUT2D eigenvalue weighted by Crippen LogP contribution is -2.07. The Morgan fingerprint density at radius 3 is 2.90 bits per heavy atom. The van der Waals surface area contributed by atoms with Crippen molar-refractivity contribution in [2.75, 3.05) is 11.6 Å². The van der Waals surface area contributed by atoms with Crippen molar-refractivity contribution in [3.05, 3.63) is 42.2 Å². The van der Waals surface area contributed by atoms with Crippen molar-refractivity contribution >= 4 is 28.6 Å². The van der Waals surface area contributed by atoms with E-state index in [1.54, 1.807) is 6.20 Å². The van der Waals surface area contributed by atoms with Crippen LogP contribution < -0.4 is 5.73 Å². The van der Waals surface area contributed by atoms with Gasteiger partial charge in [0.1, 0.15) is 12.2 Å². The second-order valence-electron chi connectivity index (χ2n) is 4.66. The Bertz CT molecular complexity index is 740. The summed E-state index contributed by atoms with van der Waals surface area (Å²) in [5.41, 5.74) is 8.42. The second kappa shape index (κ2) is 6.05. The monoisotopic (exact) mass is 302 g/mol. The first-order chi connectivity index (χ1) is 10.3. The third-order valence-electron chi connectivity index (χ3n) is 3.31. The van der Waals surface area contributed by atoms with Gasteiger partial charge in [0.25, 0.3) is 0 Å². The van der Waals surface area contributed by atoms with Gasteiger partial charge in [0.2, 0.25) is 0 Å². The van der Waals surface area contributed by atoms with Crippen LogP contribution in [0.2, 0.25) is 0 Å². The normalized spacial score (nSPS) is 11.1. The lowest BCUT2D eigenvalue weighted by Gasteiger charge is -2.06. The molecular formula is C14H15ClN6. The van der Waals surface area contributed by atoms with Gasteiger partial charge < -0.3 is 10.3 Å². The van der Waals surface area contributed by atoms with Crippen LogP contribution >= 0.6 is 11.6 Å². The minimum absolute atomic E-state index is 0.399. The number of imidazole rings is 1. The molecule has 0 aliphatic carbocycles. The highest BCUT2D eigenvalue weighted by Crippen LogP contribution is 2.19. The van der Waals surface area contributed by atoms with Gasteiger partial charge in [-0.05, 0) is 18.1 Å². The predicted molar refractivity (Wildman–Crippen MR) is 82.1 cm³/mol. The molecule has 0 bridgehead atoms. The van der Waals surface area contributed by atoms with Gasteiger partial charge in [-0.2, -0.15) is 0 Å². The van der Waals surface area contributed by atoms with Crippen molar-refractivity contribution in [1.82, 2.24) is 24.5 Å². The minimum atomic E-state index is 0.399. The van der Waals surface area contributed by atoms with E-state index in [0.717, 1.165) is 24.3 Å². The zero-order chi connectivity index (χ0) is 14.7. The van der Waals surface area contributed by atoms with Crippen LogP contribution in [-0.4, -0.2) is 30.4 Å². The van der Waals surface area contributed by atoms with Crippen LogP contribution in [0.5, 0.6) is 0 Å². The van der Waals surface area contributed by atoms with Crippen molar-refractivity contribution in [3.63, 3.8) is 0 Å². The number of hydrogen-bond acceptors (Lipinski definition) is 5. The zero-order valence-electron chi connectivity index (χ0n) is 11.4. The third-order valence-corrected chi connectivity index (χ3v) is 3.48. The molecule has 2 N–H and O–H groups in total. The van der Waals surface area contributed by atoms with E-state index in [0.29, 0.717) is 23.8 Å². The Morgan fingerprint density at radius 2 is 2.14 bits per heavy atom. The molecule has 3 rings (SSSR count). The summed E-state index contributed by atoms with van der Waals surface area (Å²) in [5.74, 6) is 1.81. The second-order valence-corrected chi connectivity index (χ2v) is 5.04. The predicted octanol–water partition coefficient (Wildman–Crippen LogP) is 1.83. The van der Waals surface area contributed by atoms with Gasteiger partial charge in [-0.15, -0.1) is 11.6 Å². The molecule has 6 nitrogen and oxygen atoms in total. The number of rotatable bonds is 5. The average molecular weight is 303 g/mol. The first-order valence-corrected chi connectivity index (χ1v) is 7.23. The Morgan fingerprint density at radius 1 is 1.24 bits per heavy atom. The smallest absolute Gasteiger partial charge is 0.165 e. The van der Waals surface area contributed by atoms with Crippen LogP contribution in [-0.2, 0) is 19.4 Å². The third kappa shape index (κ3) is 2.80. The van der Waals surface area contributed by atoms with Gasteiger partial charge in [0.05, 0.1) is 0 Å². The highest BCUT2D eigenvalue weighted by atomic mass is 35.5. The number of fused-ring (bicyclic) bond motifs is 1. The van der Waals surface area contributed by atoms with Gasteiger partial charge in [-0.3, -0.25) is 4.98 Å². The number of hydrogen-bond donors (Lipinski definition) is 1. The van der Waals surface area contributed by atoms with Crippen molar-refractivity contribution in [2.45, 2.75) is 19.4 Å². The average Bonchev–Trinajstić information content (AvgIpc) is 2.86. The van der Waals surface area contributed by atoms with E-state index in [9.17, 15) is 0 Å². The number of aryl methyl sites for hydroxylation is 3. The van der Waals surface area contributed by atoms with Crippen LogP contribution in [0.1, 0.15) is 11.4 Å². The molecular weight excluding hydrogens is 288 g/mol. The molecule has 7 heteroatoms. The molecule has 3 aromatic rings. The molecule has 0 spiro atoms. The fraction of sp³-hybridized carbons (Fsp3) is 0.286. The summed E-state index contributed by atoms with van der Waals surface area (Å²) in [5, 5.41) is 0. The lowest BCUT2D eigenvalue weighted by molar-refractivity contribution is 0.704. The SMILES string of the molecule is Nc1ncnc2c1nc(CCc1cccnc1)n2CCCl. The van der Waals surface area contributed by atoms with Crippen molar-refractivity contribution in [2.24, 2.45) is 0 Å². The quantitative estimate of drug-likeness (QED) is 0.727. The molecule has 108 valence electrons. The van der Waals surface area contributed by atoms with Gasteiger partial charge in [-0.1, -0.05) is 6.07 Å². The number of aromatic nitrogens is 5. The van der Waals surface area contributed by atoms with Gasteiger partial charge in [0, 0.05) is 31.2 Å². The molecule has 21 heavy (non-hydrogen) atoms. The van der Waals surface area contributed by atoms with Crippen LogP contribution in [0.15, 0.2) is 30.9 Å². The Hall–Kier alpha value is -2.21. The van der Waals surface area contributed by atoms with Crippen LogP contribution in [0.25, 0.3) is 11.2 Å². The standard InChI is InChI=1S/C14H15ClN6/c15-5-7-21-11(4-3-10-2-1-6-17-8-10)20-12-13(16)18-9-19-14(12)21/h1-2,6,8-9H,3-5,7H2,(H2,16,18,19). The molecule has 0 fully saturated rings. The molecule has 0 atom stereocenters. The summed E-state index contributed by atoms with van der Waals surface area (Å²) in [6.07, 6.45) is 6.71. The summed E-state index contributed by atoms with van der Waals surface area (Å²) >= 11 is 5.89. The summed E-state index contributed by atoms with van der Waals surface area (Å²) < 4.78 is 2.01. The maximum atomic E-state index is 5.89. The number of nitrogens with zero attached hydrogens (tertiary/aromatic N) is 5. The first-order valence-electron chi connectivity index (χ1n) is 6.70. The molecule has 0 radical (unpaired) electrons. The van der Waals surface area contributed by atoms with E-state index in [1.165, 1.54) is 11.9 Å². The topological polar surface area (TPSA) is 82.5 Å². The van der Waals surface area contributed by atoms with Crippen LogP contribution in [0.3, 0.4) is 0 Å². The number of anilines is 1. The fourth-order valence-electron chi connectivity index (χ4n) is 2.31. The Balaban J connectivity index is 1.93. The first kappa shape index (κ1) is 13.8. The highest BCUT2D eigenvalue weighted by Gasteiger charge is 2.14. The molecule has 0 saturated heterocycles.